The number of fused-ring (bicyclic) bond motifs is 1. The van der Waals surface area contributed by atoms with Crippen LogP contribution in [-0.4, -0.2) is 38.3 Å². The highest BCUT2D eigenvalue weighted by Gasteiger charge is 2.30. The van der Waals surface area contributed by atoms with Crippen molar-refractivity contribution in [3.63, 3.8) is 0 Å². The monoisotopic (exact) mass is 334 g/mol. The lowest BCUT2D eigenvalue weighted by atomic mass is 9.80. The van der Waals surface area contributed by atoms with Crippen LogP contribution in [0.15, 0.2) is 17.1 Å². The summed E-state index contributed by atoms with van der Waals surface area (Å²) in [4.78, 5) is 29.0. The number of aliphatic hydroxyl groups is 1. The fourth-order valence-corrected chi connectivity index (χ4v) is 2.87. The maximum Gasteiger partial charge on any atom is 0.276 e. The van der Waals surface area contributed by atoms with E-state index in [-0.39, 0.29) is 23.8 Å². The zero-order valence-corrected chi connectivity index (χ0v) is 14.9. The highest BCUT2D eigenvalue weighted by atomic mass is 16.3. The first-order chi connectivity index (χ1) is 11.1. The Hall–Kier alpha value is -2.15. The van der Waals surface area contributed by atoms with Gasteiger partial charge in [0.25, 0.3) is 5.56 Å². The molecule has 0 bridgehead atoms. The van der Waals surface area contributed by atoms with Crippen molar-refractivity contribution in [2.45, 2.75) is 47.1 Å². The molecule has 7 nitrogen and oxygen atoms in total. The van der Waals surface area contributed by atoms with E-state index in [1.54, 1.807) is 19.2 Å². The van der Waals surface area contributed by atoms with E-state index in [9.17, 15) is 14.7 Å². The van der Waals surface area contributed by atoms with Crippen LogP contribution in [0.25, 0.3) is 5.65 Å². The van der Waals surface area contributed by atoms with E-state index in [4.69, 9.17) is 0 Å². The van der Waals surface area contributed by atoms with Crippen molar-refractivity contribution in [2.24, 2.45) is 11.3 Å². The molecule has 3 N–H and O–H groups in total. The van der Waals surface area contributed by atoms with Crippen LogP contribution in [0, 0.1) is 18.3 Å². The third kappa shape index (κ3) is 3.67. The van der Waals surface area contributed by atoms with Gasteiger partial charge in [-0.05, 0) is 12.8 Å². The molecular weight excluding hydrogens is 308 g/mol. The molecule has 1 amide bonds. The van der Waals surface area contributed by atoms with Crippen LogP contribution >= 0.6 is 0 Å². The van der Waals surface area contributed by atoms with E-state index >= 15 is 0 Å². The number of aliphatic hydroxyl groups excluding tert-OH is 1. The molecule has 0 spiro atoms. The molecule has 0 fully saturated rings. The molecule has 2 rings (SSSR count). The van der Waals surface area contributed by atoms with Crippen molar-refractivity contribution in [3.8, 4) is 0 Å². The van der Waals surface area contributed by atoms with Crippen LogP contribution in [0.4, 0.5) is 0 Å². The summed E-state index contributed by atoms with van der Waals surface area (Å²) in [5.74, 6) is -0.157. The lowest BCUT2D eigenvalue weighted by Crippen LogP contribution is -2.44. The molecule has 0 saturated heterocycles. The molecular formula is C17H26N4O3. The van der Waals surface area contributed by atoms with E-state index < -0.39 is 11.5 Å². The number of amides is 1. The molecule has 24 heavy (non-hydrogen) atoms. The number of nitrogens with one attached hydrogen (secondary N) is 2. The molecule has 7 heteroatoms. The van der Waals surface area contributed by atoms with Crippen molar-refractivity contribution < 1.29 is 9.90 Å². The minimum Gasteiger partial charge on any atom is -0.392 e. The largest absolute Gasteiger partial charge is 0.392 e. The van der Waals surface area contributed by atoms with Crippen LogP contribution in [0.1, 0.15) is 39.0 Å². The summed E-state index contributed by atoms with van der Waals surface area (Å²) < 4.78 is 1.32. The highest BCUT2D eigenvalue weighted by Crippen LogP contribution is 2.25. The summed E-state index contributed by atoms with van der Waals surface area (Å²) in [7, 11) is 0. The first kappa shape index (κ1) is 18.2. The smallest absolute Gasteiger partial charge is 0.276 e. The molecule has 2 heterocycles. The van der Waals surface area contributed by atoms with Gasteiger partial charge in [-0.2, -0.15) is 0 Å². The molecule has 132 valence electrons. The third-order valence-corrected chi connectivity index (χ3v) is 4.36. The Kier molecular flexibility index (Phi) is 5.13. The van der Waals surface area contributed by atoms with Gasteiger partial charge in [0.2, 0.25) is 5.91 Å². The fourth-order valence-electron chi connectivity index (χ4n) is 2.87. The lowest BCUT2D eigenvalue weighted by molar-refractivity contribution is -0.121. The first-order valence-electron chi connectivity index (χ1n) is 8.14. The highest BCUT2D eigenvalue weighted by molar-refractivity contribution is 5.78. The average Bonchev–Trinajstić information content (AvgIpc) is 2.97. The molecule has 2 aromatic rings. The van der Waals surface area contributed by atoms with E-state index in [0.29, 0.717) is 23.4 Å². The van der Waals surface area contributed by atoms with Gasteiger partial charge in [0.05, 0.1) is 12.5 Å². The number of rotatable bonds is 6. The van der Waals surface area contributed by atoms with Gasteiger partial charge in [-0.15, -0.1) is 0 Å². The predicted octanol–water partition coefficient (Wildman–Crippen LogP) is 1.03. The number of aryl methyl sites for hydroxylation is 1. The second-order valence-corrected chi connectivity index (χ2v) is 7.27. The average molecular weight is 334 g/mol. The molecule has 1 unspecified atom stereocenters. The van der Waals surface area contributed by atoms with Gasteiger partial charge < -0.3 is 10.4 Å². The number of H-pyrrole nitrogens is 1. The fraction of sp³-hybridized carbons (Fsp3) is 0.588. The second kappa shape index (κ2) is 6.76. The van der Waals surface area contributed by atoms with Crippen LogP contribution in [-0.2, 0) is 11.2 Å². The molecule has 0 aliphatic carbocycles. The number of carbonyl (C=O) groups excluding carboxylic acids is 1. The van der Waals surface area contributed by atoms with Crippen LogP contribution < -0.4 is 10.9 Å². The molecule has 0 aromatic carbocycles. The number of hydrogen-bond donors (Lipinski definition) is 3. The predicted molar refractivity (Wildman–Crippen MR) is 91.9 cm³/mol. The van der Waals surface area contributed by atoms with Crippen molar-refractivity contribution in [3.05, 3.63) is 33.9 Å². The van der Waals surface area contributed by atoms with Crippen LogP contribution in [0.3, 0.4) is 0 Å². The number of carbonyl (C=O) groups is 1. The van der Waals surface area contributed by atoms with E-state index in [1.165, 1.54) is 4.52 Å². The van der Waals surface area contributed by atoms with Crippen LogP contribution in [0.2, 0.25) is 0 Å². The van der Waals surface area contributed by atoms with Gasteiger partial charge in [-0.25, -0.2) is 9.50 Å². The molecule has 0 saturated carbocycles. The zero-order chi connectivity index (χ0) is 18.1. The zero-order valence-electron chi connectivity index (χ0n) is 14.9. The maximum absolute atomic E-state index is 12.4. The third-order valence-electron chi connectivity index (χ3n) is 4.36. The van der Waals surface area contributed by atoms with E-state index in [1.807, 2.05) is 27.7 Å². The van der Waals surface area contributed by atoms with Gasteiger partial charge in [0.1, 0.15) is 0 Å². The van der Waals surface area contributed by atoms with Crippen molar-refractivity contribution >= 4 is 11.6 Å². The first-order valence-corrected chi connectivity index (χ1v) is 8.14. The Morgan fingerprint density at radius 1 is 1.46 bits per heavy atom. The molecule has 2 aromatic heterocycles. The summed E-state index contributed by atoms with van der Waals surface area (Å²) in [6.45, 7) is 9.76. The summed E-state index contributed by atoms with van der Waals surface area (Å²) in [6.07, 6.45) is 1.07. The minimum atomic E-state index is -0.526. The Morgan fingerprint density at radius 2 is 2.12 bits per heavy atom. The number of aromatic amines is 1. The number of aromatic nitrogens is 3. The molecule has 0 aliphatic rings. The maximum atomic E-state index is 12.4. The van der Waals surface area contributed by atoms with Crippen LogP contribution in [0.5, 0.6) is 0 Å². The standard InChI is InChI=1S/C17H26N4O3/c1-10(2)15(23)17(4,5)9-18-14(22)8-12-11(3)20-13-6-7-19-21(13)16(12)24/h6-7,10,15,19,23H,8-9H2,1-5H3,(H,18,22). The molecule has 0 radical (unpaired) electrons. The van der Waals surface area contributed by atoms with Gasteiger partial charge in [-0.1, -0.05) is 27.7 Å². The Balaban J connectivity index is 2.09. The van der Waals surface area contributed by atoms with E-state index in [2.05, 4.69) is 15.4 Å². The quantitative estimate of drug-likeness (QED) is 0.735. The minimum absolute atomic E-state index is 0.0342. The normalized spacial score (nSPS) is 13.5. The Labute approximate surface area is 141 Å². The van der Waals surface area contributed by atoms with E-state index in [0.717, 1.165) is 0 Å². The summed E-state index contributed by atoms with van der Waals surface area (Å²) in [5.41, 5.74) is 0.739. The van der Waals surface area contributed by atoms with Crippen molar-refractivity contribution in [1.82, 2.24) is 19.9 Å². The van der Waals surface area contributed by atoms with Gasteiger partial charge in [0.15, 0.2) is 5.65 Å². The Bertz CT molecular complexity index is 789. The molecule has 1 atom stereocenters. The summed E-state index contributed by atoms with van der Waals surface area (Å²) >= 11 is 0. The SMILES string of the molecule is Cc1nc2cc[nH]n2c(=O)c1CC(=O)NCC(C)(C)C(O)C(C)C. The second-order valence-electron chi connectivity index (χ2n) is 7.27. The molecule has 0 aliphatic heterocycles. The number of hydrogen-bond acceptors (Lipinski definition) is 4. The van der Waals surface area contributed by atoms with Crippen molar-refractivity contribution in [1.29, 1.82) is 0 Å². The lowest BCUT2D eigenvalue weighted by Gasteiger charge is -2.33. The van der Waals surface area contributed by atoms with Gasteiger partial charge in [-0.3, -0.25) is 14.7 Å². The van der Waals surface area contributed by atoms with Gasteiger partial charge in [0, 0.05) is 35.5 Å². The Morgan fingerprint density at radius 3 is 2.75 bits per heavy atom. The van der Waals surface area contributed by atoms with Gasteiger partial charge >= 0.3 is 0 Å². The van der Waals surface area contributed by atoms with Crippen molar-refractivity contribution in [2.75, 3.05) is 6.54 Å². The topological polar surface area (TPSA) is 99.5 Å². The summed E-state index contributed by atoms with van der Waals surface area (Å²) in [6, 6.07) is 1.70. The summed E-state index contributed by atoms with van der Waals surface area (Å²) in [5, 5.41) is 15.8. The number of nitrogens with zero attached hydrogens (tertiary/aromatic N) is 2.